The molecule has 2 aromatic carbocycles. The van der Waals surface area contributed by atoms with E-state index in [0.717, 1.165) is 30.9 Å². The SMILES string of the molecule is CCN(CC)Cc1ccc(C(=O)Nc2[nH]nc3sc(C(=O)NN(C)c4ccc(Cl)cc4)cc23)cc1. The summed E-state index contributed by atoms with van der Waals surface area (Å²) in [4.78, 5) is 29.0. The van der Waals surface area contributed by atoms with E-state index in [1.54, 1.807) is 30.3 Å². The molecule has 182 valence electrons. The fraction of sp³-hybridized carbons (Fsp3) is 0.240. The van der Waals surface area contributed by atoms with E-state index in [4.69, 9.17) is 11.6 Å². The van der Waals surface area contributed by atoms with Crippen LogP contribution in [0.25, 0.3) is 10.2 Å². The summed E-state index contributed by atoms with van der Waals surface area (Å²) in [7, 11) is 1.75. The van der Waals surface area contributed by atoms with Crippen LogP contribution in [0.4, 0.5) is 11.5 Å². The summed E-state index contributed by atoms with van der Waals surface area (Å²) in [6, 6.07) is 16.4. The highest BCUT2D eigenvalue weighted by Crippen LogP contribution is 2.29. The van der Waals surface area contributed by atoms with E-state index < -0.39 is 0 Å². The molecule has 2 amide bonds. The van der Waals surface area contributed by atoms with Gasteiger partial charge in [-0.15, -0.1) is 11.3 Å². The van der Waals surface area contributed by atoms with Crippen LogP contribution in [0.1, 0.15) is 39.4 Å². The van der Waals surface area contributed by atoms with Crippen LogP contribution in [0.2, 0.25) is 5.02 Å². The number of thiophene rings is 1. The molecule has 8 nitrogen and oxygen atoms in total. The first-order valence-corrected chi connectivity index (χ1v) is 12.5. The Kier molecular flexibility index (Phi) is 7.70. The Morgan fingerprint density at radius 2 is 1.71 bits per heavy atom. The molecule has 2 heterocycles. The first-order valence-electron chi connectivity index (χ1n) is 11.3. The van der Waals surface area contributed by atoms with Gasteiger partial charge >= 0.3 is 0 Å². The number of carbonyl (C=O) groups excluding carboxylic acids is 2. The second kappa shape index (κ2) is 10.9. The molecule has 10 heteroatoms. The summed E-state index contributed by atoms with van der Waals surface area (Å²) >= 11 is 7.17. The van der Waals surface area contributed by atoms with Gasteiger partial charge < -0.3 is 5.32 Å². The molecular formula is C25H27ClN6O2S. The molecule has 4 aromatic rings. The number of aromatic nitrogens is 2. The van der Waals surface area contributed by atoms with Crippen LogP contribution < -0.4 is 15.8 Å². The van der Waals surface area contributed by atoms with Gasteiger partial charge in [0.05, 0.1) is 16.0 Å². The van der Waals surface area contributed by atoms with Gasteiger partial charge in [0, 0.05) is 24.2 Å². The van der Waals surface area contributed by atoms with E-state index in [1.807, 2.05) is 36.4 Å². The Morgan fingerprint density at radius 1 is 1.03 bits per heavy atom. The van der Waals surface area contributed by atoms with Crippen LogP contribution >= 0.6 is 22.9 Å². The standard InChI is InChI=1S/C25H27ClN6O2S/c1-4-32(5-2)15-16-6-8-17(9-7-16)23(33)27-22-20-14-21(35-25(20)29-28-22)24(34)30-31(3)19-12-10-18(26)11-13-19/h6-14H,4-5,15H2,1-3H3,(H,30,34)(H2,27,28,29,33). The summed E-state index contributed by atoms with van der Waals surface area (Å²) in [6.07, 6.45) is 0. The first kappa shape index (κ1) is 24.7. The van der Waals surface area contributed by atoms with Crippen molar-refractivity contribution in [1.82, 2.24) is 20.5 Å². The van der Waals surface area contributed by atoms with Gasteiger partial charge in [0.2, 0.25) is 0 Å². The number of hydrazine groups is 1. The quantitative estimate of drug-likeness (QED) is 0.271. The molecule has 0 atom stereocenters. The van der Waals surface area contributed by atoms with E-state index in [9.17, 15) is 9.59 Å². The summed E-state index contributed by atoms with van der Waals surface area (Å²) < 4.78 is 0. The molecule has 3 N–H and O–H groups in total. The summed E-state index contributed by atoms with van der Waals surface area (Å²) in [5, 5.41) is 12.9. The van der Waals surface area contributed by atoms with E-state index in [0.29, 0.717) is 31.5 Å². The molecule has 2 aromatic heterocycles. The van der Waals surface area contributed by atoms with Gasteiger partial charge in [-0.25, -0.2) is 0 Å². The minimum atomic E-state index is -0.272. The third-order valence-electron chi connectivity index (χ3n) is 5.71. The number of aromatic amines is 1. The maximum atomic E-state index is 12.8. The van der Waals surface area contributed by atoms with Crippen molar-refractivity contribution in [3.63, 3.8) is 0 Å². The second-order valence-electron chi connectivity index (χ2n) is 8.02. The molecule has 35 heavy (non-hydrogen) atoms. The molecule has 0 saturated heterocycles. The van der Waals surface area contributed by atoms with Gasteiger partial charge in [-0.1, -0.05) is 37.6 Å². The van der Waals surface area contributed by atoms with Gasteiger partial charge in [-0.2, -0.15) is 5.10 Å². The normalized spacial score (nSPS) is 11.1. The summed E-state index contributed by atoms with van der Waals surface area (Å²) in [6.45, 7) is 7.07. The van der Waals surface area contributed by atoms with Crippen molar-refractivity contribution in [3.05, 3.63) is 75.6 Å². The largest absolute Gasteiger partial charge is 0.306 e. The lowest BCUT2D eigenvalue weighted by molar-refractivity contribution is 0.0954. The second-order valence-corrected chi connectivity index (χ2v) is 9.48. The van der Waals surface area contributed by atoms with Crippen molar-refractivity contribution < 1.29 is 9.59 Å². The third kappa shape index (κ3) is 5.82. The minimum Gasteiger partial charge on any atom is -0.306 e. The number of carbonyl (C=O) groups is 2. The van der Waals surface area contributed by atoms with Crippen molar-refractivity contribution in [1.29, 1.82) is 0 Å². The molecule has 0 unspecified atom stereocenters. The van der Waals surface area contributed by atoms with Crippen molar-refractivity contribution in [2.45, 2.75) is 20.4 Å². The molecule has 0 aliphatic heterocycles. The Bertz CT molecular complexity index is 1310. The molecule has 0 aliphatic rings. The van der Waals surface area contributed by atoms with E-state index >= 15 is 0 Å². The zero-order chi connectivity index (χ0) is 24.9. The number of hydrogen-bond donors (Lipinski definition) is 3. The lowest BCUT2D eigenvalue weighted by atomic mass is 10.1. The molecule has 0 radical (unpaired) electrons. The number of amides is 2. The highest BCUT2D eigenvalue weighted by atomic mass is 35.5. The Morgan fingerprint density at radius 3 is 2.37 bits per heavy atom. The monoisotopic (exact) mass is 510 g/mol. The Labute approximate surface area is 212 Å². The average molecular weight is 511 g/mol. The van der Waals surface area contributed by atoms with E-state index in [2.05, 4.69) is 39.7 Å². The van der Waals surface area contributed by atoms with Crippen molar-refractivity contribution in [2.75, 3.05) is 30.5 Å². The van der Waals surface area contributed by atoms with Gasteiger partial charge in [0.15, 0.2) is 0 Å². The summed E-state index contributed by atoms with van der Waals surface area (Å²) in [5.74, 6) is -0.0605. The van der Waals surface area contributed by atoms with Crippen LogP contribution in [0, 0.1) is 0 Å². The van der Waals surface area contributed by atoms with Gasteiger partial charge in [-0.3, -0.25) is 30.0 Å². The number of halogens is 1. The van der Waals surface area contributed by atoms with Gasteiger partial charge in [-0.05, 0) is 61.1 Å². The van der Waals surface area contributed by atoms with Crippen LogP contribution in [-0.4, -0.2) is 47.0 Å². The van der Waals surface area contributed by atoms with Crippen LogP contribution in [-0.2, 0) is 6.54 Å². The number of hydrogen-bond acceptors (Lipinski definition) is 6. The molecule has 0 aliphatic carbocycles. The van der Waals surface area contributed by atoms with Crippen molar-refractivity contribution >= 4 is 56.5 Å². The maximum absolute atomic E-state index is 12.8. The topological polar surface area (TPSA) is 93.4 Å². The third-order valence-corrected chi connectivity index (χ3v) is 6.99. The van der Waals surface area contributed by atoms with Crippen molar-refractivity contribution in [3.8, 4) is 0 Å². The average Bonchev–Trinajstić information content (AvgIpc) is 3.45. The van der Waals surface area contributed by atoms with Crippen LogP contribution in [0.5, 0.6) is 0 Å². The number of anilines is 2. The highest BCUT2D eigenvalue weighted by Gasteiger charge is 2.18. The zero-order valence-electron chi connectivity index (χ0n) is 19.8. The molecule has 0 bridgehead atoms. The first-order chi connectivity index (χ1) is 16.9. The minimum absolute atomic E-state index is 0.246. The van der Waals surface area contributed by atoms with Gasteiger partial charge in [0.25, 0.3) is 11.8 Å². The zero-order valence-corrected chi connectivity index (χ0v) is 21.3. The fourth-order valence-corrected chi connectivity index (χ4v) is 4.62. The number of fused-ring (bicyclic) bond motifs is 1. The predicted octanol–water partition coefficient (Wildman–Crippen LogP) is 5.15. The van der Waals surface area contributed by atoms with E-state index in [-0.39, 0.29) is 11.8 Å². The van der Waals surface area contributed by atoms with Crippen LogP contribution in [0.3, 0.4) is 0 Å². The molecular weight excluding hydrogens is 484 g/mol. The summed E-state index contributed by atoms with van der Waals surface area (Å²) in [5.41, 5.74) is 5.33. The Hall–Kier alpha value is -3.40. The molecule has 0 saturated carbocycles. The molecule has 0 spiro atoms. The fourth-order valence-electron chi connectivity index (χ4n) is 3.61. The van der Waals surface area contributed by atoms with Gasteiger partial charge in [0.1, 0.15) is 10.6 Å². The number of rotatable bonds is 9. The Balaban J connectivity index is 1.42. The lowest BCUT2D eigenvalue weighted by Crippen LogP contribution is -2.38. The number of nitrogens with one attached hydrogen (secondary N) is 3. The number of nitrogens with zero attached hydrogens (tertiary/aromatic N) is 3. The number of benzene rings is 2. The van der Waals surface area contributed by atoms with Crippen LogP contribution in [0.15, 0.2) is 54.6 Å². The van der Waals surface area contributed by atoms with E-state index in [1.165, 1.54) is 11.3 Å². The van der Waals surface area contributed by atoms with Crippen molar-refractivity contribution in [2.24, 2.45) is 0 Å². The maximum Gasteiger partial charge on any atom is 0.279 e. The molecule has 4 rings (SSSR count). The molecule has 0 fully saturated rings. The highest BCUT2D eigenvalue weighted by molar-refractivity contribution is 7.20. The smallest absolute Gasteiger partial charge is 0.279 e. The number of H-pyrrole nitrogens is 1. The lowest BCUT2D eigenvalue weighted by Gasteiger charge is -2.19. The predicted molar refractivity (Wildman–Crippen MR) is 142 cm³/mol.